The molecule has 53 heavy (non-hydrogen) atoms. The van der Waals surface area contributed by atoms with Crippen LogP contribution in [0.5, 0.6) is 0 Å². The van der Waals surface area contributed by atoms with Gasteiger partial charge in [0.15, 0.2) is 0 Å². The smallest absolute Gasteiger partial charge is 0.277 e. The van der Waals surface area contributed by atoms with Crippen LogP contribution in [0, 0.1) is 0 Å². The van der Waals surface area contributed by atoms with Gasteiger partial charge in [0.2, 0.25) is 0 Å². The van der Waals surface area contributed by atoms with Gasteiger partial charge in [-0.05, 0) is 54.0 Å². The monoisotopic (exact) mass is 711 g/mol. The Bertz CT molecular complexity index is 3120. The summed E-state index contributed by atoms with van der Waals surface area (Å²) < 4.78 is 7.84. The van der Waals surface area contributed by atoms with Crippen LogP contribution in [0.25, 0.3) is 53.1 Å². The van der Waals surface area contributed by atoms with Crippen molar-refractivity contribution in [3.8, 4) is 11.1 Å². The van der Waals surface area contributed by atoms with Gasteiger partial charge in [-0.15, -0.1) is 22.7 Å². The van der Waals surface area contributed by atoms with Gasteiger partial charge < -0.3 is 14.4 Å². The Morgan fingerprint density at radius 2 is 0.962 bits per heavy atom. The topological polar surface area (TPSA) is 11.4 Å². The SMILES string of the molecule is Cn1c2ccccc2c2cccc(-c3ccccc3N3c4cccc5c4B(c4sc6ccccc6c4N5c4ccccc4)c4sc5ccccc5c43)c21. The minimum atomic E-state index is 0.117. The van der Waals surface area contributed by atoms with Crippen molar-refractivity contribution in [2.24, 2.45) is 7.05 Å². The maximum absolute atomic E-state index is 2.60. The van der Waals surface area contributed by atoms with Gasteiger partial charge in [0.05, 0.1) is 22.6 Å². The first kappa shape index (κ1) is 29.5. The predicted molar refractivity (Wildman–Crippen MR) is 231 cm³/mol. The molecule has 5 heterocycles. The highest BCUT2D eigenvalue weighted by Gasteiger charge is 2.47. The zero-order valence-electron chi connectivity index (χ0n) is 28.8. The van der Waals surface area contributed by atoms with E-state index in [0.717, 1.165) is 0 Å². The van der Waals surface area contributed by atoms with E-state index in [9.17, 15) is 0 Å². The molecule has 12 rings (SSSR count). The van der Waals surface area contributed by atoms with E-state index in [2.05, 4.69) is 185 Å². The molecule has 0 radical (unpaired) electrons. The molecule has 3 nitrogen and oxygen atoms in total. The molecule has 0 N–H and O–H groups in total. The molecule has 2 aliphatic heterocycles. The lowest BCUT2D eigenvalue weighted by molar-refractivity contribution is 1.01. The number of hydrogen-bond donors (Lipinski definition) is 0. The van der Waals surface area contributed by atoms with Gasteiger partial charge in [0.1, 0.15) is 0 Å². The number of nitrogens with zero attached hydrogens (tertiary/aromatic N) is 3. The Kier molecular flexibility index (Phi) is 6.10. The second kappa shape index (κ2) is 11.0. The first-order valence-corrected chi connectivity index (χ1v) is 19.8. The van der Waals surface area contributed by atoms with Crippen molar-refractivity contribution in [1.29, 1.82) is 0 Å². The Morgan fingerprint density at radius 3 is 1.72 bits per heavy atom. The van der Waals surface area contributed by atoms with Crippen LogP contribution in [-0.2, 0) is 7.05 Å². The van der Waals surface area contributed by atoms with Crippen LogP contribution in [0.4, 0.5) is 34.1 Å². The van der Waals surface area contributed by atoms with Gasteiger partial charge in [-0.3, -0.25) is 0 Å². The highest BCUT2D eigenvalue weighted by Crippen LogP contribution is 2.52. The second-order valence-corrected chi connectivity index (χ2v) is 16.2. The number of benzene rings is 7. The van der Waals surface area contributed by atoms with Gasteiger partial charge in [0, 0.05) is 81.3 Å². The van der Waals surface area contributed by atoms with E-state index in [-0.39, 0.29) is 6.71 Å². The molecule has 6 heteroatoms. The van der Waals surface area contributed by atoms with Crippen LogP contribution in [0.2, 0.25) is 0 Å². The predicted octanol–water partition coefficient (Wildman–Crippen LogP) is 11.5. The van der Waals surface area contributed by atoms with Gasteiger partial charge in [0.25, 0.3) is 6.71 Å². The average molecular weight is 712 g/mol. The number of hydrogen-bond acceptors (Lipinski definition) is 4. The summed E-state index contributed by atoms with van der Waals surface area (Å²) in [4.78, 5) is 5.13. The largest absolute Gasteiger partial charge is 0.343 e. The van der Waals surface area contributed by atoms with E-state index in [1.807, 2.05) is 22.7 Å². The fourth-order valence-electron chi connectivity index (χ4n) is 9.25. The van der Waals surface area contributed by atoms with Gasteiger partial charge in [-0.1, -0.05) is 115 Å². The number of aromatic nitrogens is 1. The van der Waals surface area contributed by atoms with Crippen LogP contribution in [0.3, 0.4) is 0 Å². The summed E-state index contributed by atoms with van der Waals surface area (Å²) in [5.74, 6) is 0. The van der Waals surface area contributed by atoms with Crippen LogP contribution in [-0.4, -0.2) is 11.3 Å². The normalized spacial score (nSPS) is 13.3. The minimum absolute atomic E-state index is 0.117. The minimum Gasteiger partial charge on any atom is -0.343 e. The van der Waals surface area contributed by atoms with E-state index in [1.54, 1.807) is 0 Å². The van der Waals surface area contributed by atoms with Gasteiger partial charge >= 0.3 is 0 Å². The number of anilines is 6. The van der Waals surface area contributed by atoms with Crippen molar-refractivity contribution in [3.05, 3.63) is 164 Å². The third-order valence-electron chi connectivity index (χ3n) is 11.4. The maximum atomic E-state index is 2.60. The highest BCUT2D eigenvalue weighted by atomic mass is 32.1. The van der Waals surface area contributed by atoms with E-state index in [0.29, 0.717) is 0 Å². The first-order chi connectivity index (χ1) is 26.3. The van der Waals surface area contributed by atoms with Crippen molar-refractivity contribution in [3.63, 3.8) is 0 Å². The molecule has 10 aromatic rings. The summed E-state index contributed by atoms with van der Waals surface area (Å²) in [6.45, 7) is 0.117. The zero-order valence-corrected chi connectivity index (χ0v) is 30.5. The van der Waals surface area contributed by atoms with Crippen LogP contribution < -0.4 is 24.8 Å². The molecule has 0 aliphatic carbocycles. The standard InChI is InChI=1S/C47H30BN3S2/c1-49-36-23-9-5-17-30(36)32-21-13-22-33(43(32)49)31-18-6-10-24-37(31)51-39-26-14-25-38-42(39)48(47-45(51)35-20-8-12-28-41(35)53-47)46-44(34-19-7-11-27-40(34)52-46)50(38)29-15-3-2-4-16-29/h2-28H,1H3. The third-order valence-corrected chi connectivity index (χ3v) is 13.8. The molecule has 248 valence electrons. The summed E-state index contributed by atoms with van der Waals surface area (Å²) in [6.07, 6.45) is 0. The number of para-hydroxylation sites is 4. The molecule has 0 bridgehead atoms. The van der Waals surface area contributed by atoms with Crippen molar-refractivity contribution in [1.82, 2.24) is 4.57 Å². The lowest BCUT2D eigenvalue weighted by Crippen LogP contribution is -2.59. The molecule has 2 aliphatic rings. The van der Waals surface area contributed by atoms with Crippen LogP contribution >= 0.6 is 22.7 Å². The number of fused-ring (bicyclic) bond motifs is 11. The molecule has 0 atom stereocenters. The van der Waals surface area contributed by atoms with Gasteiger partial charge in [-0.25, -0.2) is 0 Å². The second-order valence-electron chi connectivity index (χ2n) is 14.1. The van der Waals surface area contributed by atoms with E-state index in [4.69, 9.17) is 0 Å². The average Bonchev–Trinajstić information content (AvgIpc) is 3.88. The van der Waals surface area contributed by atoms with Crippen molar-refractivity contribution in [2.45, 2.75) is 0 Å². The molecule has 0 saturated carbocycles. The molecule has 3 aromatic heterocycles. The molecule has 0 saturated heterocycles. The third kappa shape index (κ3) is 3.94. The molecule has 0 spiro atoms. The molecule has 0 unspecified atom stereocenters. The van der Waals surface area contributed by atoms with Crippen molar-refractivity contribution in [2.75, 3.05) is 9.80 Å². The zero-order chi connectivity index (χ0) is 34.8. The first-order valence-electron chi connectivity index (χ1n) is 18.1. The van der Waals surface area contributed by atoms with Crippen LogP contribution in [0.15, 0.2) is 164 Å². The summed E-state index contributed by atoms with van der Waals surface area (Å²) in [5.41, 5.74) is 13.8. The van der Waals surface area contributed by atoms with E-state index in [1.165, 1.54) is 102 Å². The van der Waals surface area contributed by atoms with E-state index >= 15 is 0 Å². The molecular weight excluding hydrogens is 681 g/mol. The number of rotatable bonds is 3. The lowest BCUT2D eigenvalue weighted by atomic mass is 9.39. The van der Waals surface area contributed by atoms with Crippen molar-refractivity contribution >= 4 is 121 Å². The Hall–Kier alpha value is -6.08. The molecule has 7 aromatic carbocycles. The molecule has 0 amide bonds. The Morgan fingerprint density at radius 1 is 0.434 bits per heavy atom. The highest BCUT2D eigenvalue weighted by molar-refractivity contribution is 7.40. The maximum Gasteiger partial charge on any atom is 0.277 e. The quantitative estimate of drug-likeness (QED) is 0.169. The summed E-state index contributed by atoms with van der Waals surface area (Å²) in [5, 5.41) is 5.18. The molecular formula is C47H30BN3S2. The lowest BCUT2D eigenvalue weighted by Gasteiger charge is -2.42. The summed E-state index contributed by atoms with van der Waals surface area (Å²) in [7, 11) is 2.21. The Labute approximate surface area is 315 Å². The van der Waals surface area contributed by atoms with Crippen molar-refractivity contribution < 1.29 is 0 Å². The summed E-state index contributed by atoms with van der Waals surface area (Å²) >= 11 is 3.92. The molecule has 0 fully saturated rings. The Balaban J connectivity index is 1.19. The van der Waals surface area contributed by atoms with Gasteiger partial charge in [-0.2, -0.15) is 0 Å². The fraction of sp³-hybridized carbons (Fsp3) is 0.0213. The number of aryl methyl sites for hydroxylation is 1. The van der Waals surface area contributed by atoms with E-state index < -0.39 is 0 Å². The van der Waals surface area contributed by atoms with Crippen LogP contribution in [0.1, 0.15) is 0 Å². The fourth-order valence-corrected chi connectivity index (χ4v) is 11.9. The summed E-state index contributed by atoms with van der Waals surface area (Å²) in [6, 6.07) is 60.5. The number of thiophene rings is 2.